The quantitative estimate of drug-likeness (QED) is 0.618. The topological polar surface area (TPSA) is 73.8 Å². The lowest BCUT2D eigenvalue weighted by molar-refractivity contribution is -0.117. The molecule has 0 aliphatic carbocycles. The summed E-state index contributed by atoms with van der Waals surface area (Å²) in [6.07, 6.45) is 5.12. The van der Waals surface area contributed by atoms with Crippen molar-refractivity contribution >= 4 is 33.6 Å². The molecule has 1 aromatic carbocycles. The summed E-state index contributed by atoms with van der Waals surface area (Å²) in [4.78, 5) is 20.4. The SMILES string of the molecule is NC(=O)[C@H](Sc1nccn1Cc1ccccn1)c1ccc(Br)cc1F. The first kappa shape index (κ1) is 17.6. The molecule has 0 unspecified atom stereocenters. The fourth-order valence-electron chi connectivity index (χ4n) is 2.29. The molecule has 0 aliphatic heterocycles. The Morgan fingerprint density at radius 1 is 1.28 bits per heavy atom. The first-order valence-corrected chi connectivity index (χ1v) is 9.04. The minimum atomic E-state index is -0.877. The number of hydrogen-bond acceptors (Lipinski definition) is 4. The van der Waals surface area contributed by atoms with Gasteiger partial charge in [0.15, 0.2) is 5.16 Å². The number of aromatic nitrogens is 3. The van der Waals surface area contributed by atoms with Gasteiger partial charge in [-0.25, -0.2) is 9.37 Å². The van der Waals surface area contributed by atoms with E-state index in [1.54, 1.807) is 30.7 Å². The van der Waals surface area contributed by atoms with Crippen molar-refractivity contribution in [2.75, 3.05) is 0 Å². The van der Waals surface area contributed by atoms with E-state index in [0.29, 0.717) is 16.2 Å². The summed E-state index contributed by atoms with van der Waals surface area (Å²) in [5, 5.41) is -0.310. The van der Waals surface area contributed by atoms with Crippen molar-refractivity contribution in [3.63, 3.8) is 0 Å². The highest BCUT2D eigenvalue weighted by Crippen LogP contribution is 2.36. The lowest BCUT2D eigenvalue weighted by Crippen LogP contribution is -2.20. The monoisotopic (exact) mass is 420 g/mol. The number of rotatable bonds is 6. The van der Waals surface area contributed by atoms with Crippen molar-refractivity contribution in [2.24, 2.45) is 5.73 Å². The Kier molecular flexibility index (Phi) is 5.50. The van der Waals surface area contributed by atoms with Crippen molar-refractivity contribution in [3.8, 4) is 0 Å². The highest BCUT2D eigenvalue weighted by Gasteiger charge is 2.25. The summed E-state index contributed by atoms with van der Waals surface area (Å²) < 4.78 is 16.7. The normalized spacial score (nSPS) is 12.1. The summed E-state index contributed by atoms with van der Waals surface area (Å²) in [5.41, 5.74) is 6.59. The number of benzene rings is 1. The number of primary amides is 1. The molecule has 2 heterocycles. The average molecular weight is 421 g/mol. The molecule has 2 N–H and O–H groups in total. The molecule has 0 radical (unpaired) electrons. The Balaban J connectivity index is 1.87. The molecule has 3 rings (SSSR count). The van der Waals surface area contributed by atoms with E-state index in [4.69, 9.17) is 5.73 Å². The van der Waals surface area contributed by atoms with Gasteiger partial charge < -0.3 is 10.3 Å². The number of carbonyl (C=O) groups excluding carboxylic acids is 1. The minimum Gasteiger partial charge on any atom is -0.368 e. The maximum atomic E-state index is 14.2. The molecule has 0 bridgehead atoms. The molecule has 0 fully saturated rings. The molecular weight excluding hydrogens is 407 g/mol. The highest BCUT2D eigenvalue weighted by atomic mass is 79.9. The van der Waals surface area contributed by atoms with Gasteiger partial charge in [0.2, 0.25) is 5.91 Å². The number of thioether (sulfide) groups is 1. The van der Waals surface area contributed by atoms with Crippen LogP contribution < -0.4 is 5.73 Å². The van der Waals surface area contributed by atoms with Crippen LogP contribution in [0, 0.1) is 5.82 Å². The second-order valence-electron chi connectivity index (χ2n) is 5.22. The molecule has 5 nitrogen and oxygen atoms in total. The Labute approximate surface area is 156 Å². The van der Waals surface area contributed by atoms with E-state index in [0.717, 1.165) is 17.5 Å². The van der Waals surface area contributed by atoms with Crippen LogP contribution in [0.4, 0.5) is 4.39 Å². The second-order valence-corrected chi connectivity index (χ2v) is 7.21. The molecule has 1 amide bonds. The molecule has 2 aromatic heterocycles. The van der Waals surface area contributed by atoms with Crippen LogP contribution in [-0.4, -0.2) is 20.4 Å². The van der Waals surface area contributed by atoms with E-state index in [2.05, 4.69) is 25.9 Å². The van der Waals surface area contributed by atoms with Crippen molar-refractivity contribution in [3.05, 3.63) is 76.5 Å². The lowest BCUT2D eigenvalue weighted by Gasteiger charge is -2.15. The Morgan fingerprint density at radius 2 is 2.12 bits per heavy atom. The smallest absolute Gasteiger partial charge is 0.235 e. The standard InChI is InChI=1S/C17H14BrFN4OS/c18-11-4-5-13(14(19)9-11)15(16(20)24)25-17-22-7-8-23(17)10-12-3-1-2-6-21-12/h1-9,15H,10H2,(H2,20,24)/t15-/m1/s1. The number of imidazole rings is 1. The van der Waals surface area contributed by atoms with E-state index in [9.17, 15) is 9.18 Å². The molecule has 25 heavy (non-hydrogen) atoms. The van der Waals surface area contributed by atoms with Crippen LogP contribution in [0.2, 0.25) is 0 Å². The minimum absolute atomic E-state index is 0.230. The number of amides is 1. The number of pyridine rings is 1. The van der Waals surface area contributed by atoms with Crippen molar-refractivity contribution < 1.29 is 9.18 Å². The largest absolute Gasteiger partial charge is 0.368 e. The number of hydrogen-bond donors (Lipinski definition) is 1. The van der Waals surface area contributed by atoms with Gasteiger partial charge in [-0.1, -0.05) is 39.8 Å². The third kappa shape index (κ3) is 4.26. The molecule has 0 saturated carbocycles. The van der Waals surface area contributed by atoms with E-state index in [1.165, 1.54) is 6.07 Å². The van der Waals surface area contributed by atoms with Crippen LogP contribution in [0.1, 0.15) is 16.5 Å². The molecule has 1 atom stereocenters. The third-order valence-corrected chi connectivity index (χ3v) is 5.23. The number of carbonyl (C=O) groups is 1. The van der Waals surface area contributed by atoms with Crippen molar-refractivity contribution in [1.29, 1.82) is 0 Å². The summed E-state index contributed by atoms with van der Waals surface area (Å²) >= 11 is 4.32. The van der Waals surface area contributed by atoms with Gasteiger partial charge >= 0.3 is 0 Å². The predicted molar refractivity (Wildman–Crippen MR) is 97.5 cm³/mol. The number of nitrogens with two attached hydrogens (primary N) is 1. The van der Waals surface area contributed by atoms with Crippen LogP contribution in [0.3, 0.4) is 0 Å². The van der Waals surface area contributed by atoms with Crippen LogP contribution in [0.25, 0.3) is 0 Å². The highest BCUT2D eigenvalue weighted by molar-refractivity contribution is 9.10. The zero-order valence-electron chi connectivity index (χ0n) is 13.0. The van der Waals surface area contributed by atoms with Crippen LogP contribution in [-0.2, 0) is 11.3 Å². The van der Waals surface area contributed by atoms with Gasteiger partial charge in [0, 0.05) is 28.6 Å². The van der Waals surface area contributed by atoms with Gasteiger partial charge in [-0.05, 0) is 24.3 Å². The second kappa shape index (κ2) is 7.79. The van der Waals surface area contributed by atoms with Crippen molar-refractivity contribution in [1.82, 2.24) is 14.5 Å². The molecule has 0 spiro atoms. The maximum absolute atomic E-state index is 14.2. The zero-order valence-corrected chi connectivity index (χ0v) is 15.4. The van der Waals surface area contributed by atoms with E-state index in [1.807, 2.05) is 22.8 Å². The molecule has 8 heteroatoms. The van der Waals surface area contributed by atoms with Gasteiger partial charge in [-0.3, -0.25) is 9.78 Å². The van der Waals surface area contributed by atoms with Gasteiger partial charge in [0.25, 0.3) is 0 Å². The van der Waals surface area contributed by atoms with Crippen LogP contribution in [0.5, 0.6) is 0 Å². The third-order valence-electron chi connectivity index (χ3n) is 3.46. The predicted octanol–water partition coefficient (Wildman–Crippen LogP) is 3.55. The zero-order chi connectivity index (χ0) is 17.8. The fraction of sp³-hybridized carbons (Fsp3) is 0.118. The first-order chi connectivity index (χ1) is 12.0. The van der Waals surface area contributed by atoms with E-state index >= 15 is 0 Å². The van der Waals surface area contributed by atoms with Crippen LogP contribution in [0.15, 0.2) is 64.6 Å². The van der Waals surface area contributed by atoms with E-state index in [-0.39, 0.29) is 5.56 Å². The van der Waals surface area contributed by atoms with Gasteiger partial charge in [0.1, 0.15) is 11.1 Å². The maximum Gasteiger partial charge on any atom is 0.235 e. The lowest BCUT2D eigenvalue weighted by atomic mass is 10.1. The summed E-state index contributed by atoms with van der Waals surface area (Å²) in [6.45, 7) is 0.497. The summed E-state index contributed by atoms with van der Waals surface area (Å²) in [5.74, 6) is -1.12. The Bertz CT molecular complexity index is 887. The van der Waals surface area contributed by atoms with E-state index < -0.39 is 17.0 Å². The Morgan fingerprint density at radius 3 is 2.80 bits per heavy atom. The number of nitrogens with zero attached hydrogens (tertiary/aromatic N) is 3. The molecule has 0 aliphatic rings. The fourth-order valence-corrected chi connectivity index (χ4v) is 3.66. The van der Waals surface area contributed by atoms with Gasteiger partial charge in [-0.2, -0.15) is 0 Å². The summed E-state index contributed by atoms with van der Waals surface area (Å²) in [7, 11) is 0. The van der Waals surface area contributed by atoms with Crippen molar-refractivity contribution in [2.45, 2.75) is 17.0 Å². The van der Waals surface area contributed by atoms with Gasteiger partial charge in [0.05, 0.1) is 12.2 Å². The number of halogens is 2. The molecule has 3 aromatic rings. The first-order valence-electron chi connectivity index (χ1n) is 7.36. The molecule has 0 saturated heterocycles. The van der Waals surface area contributed by atoms with Crippen LogP contribution >= 0.6 is 27.7 Å². The Hall–Kier alpha value is -2.19. The molecular formula is C17H14BrFN4OS. The molecule has 128 valence electrons. The average Bonchev–Trinajstić information content (AvgIpc) is 3.01. The summed E-state index contributed by atoms with van der Waals surface area (Å²) in [6, 6.07) is 10.2. The van der Waals surface area contributed by atoms with Gasteiger partial charge in [-0.15, -0.1) is 0 Å².